The third-order valence-corrected chi connectivity index (χ3v) is 7.50. The molecule has 1 unspecified atom stereocenters. The number of rotatable bonds is 6. The first-order valence-electron chi connectivity index (χ1n) is 14.0. The summed E-state index contributed by atoms with van der Waals surface area (Å²) in [5.74, 6) is 0.111. The average molecular weight is 559 g/mol. The number of carboxylic acids is 1. The van der Waals surface area contributed by atoms with Crippen molar-refractivity contribution in [2.75, 3.05) is 4.90 Å². The van der Waals surface area contributed by atoms with Crippen LogP contribution < -0.4 is 4.90 Å². The number of hydrogen-bond acceptors (Lipinski definition) is 5. The largest absolute Gasteiger partial charge is 0.478 e. The van der Waals surface area contributed by atoms with Crippen molar-refractivity contribution in [3.05, 3.63) is 185 Å². The van der Waals surface area contributed by atoms with Crippen molar-refractivity contribution in [2.45, 2.75) is 6.04 Å². The molecular formula is C37H26N4O2. The fraction of sp³-hybridized carbons (Fsp3) is 0.0270. The van der Waals surface area contributed by atoms with Crippen LogP contribution in [-0.4, -0.2) is 28.2 Å². The zero-order valence-corrected chi connectivity index (χ0v) is 23.1. The van der Waals surface area contributed by atoms with Gasteiger partial charge in [-0.1, -0.05) is 121 Å². The van der Waals surface area contributed by atoms with E-state index in [1.54, 1.807) is 12.1 Å². The third-order valence-electron chi connectivity index (χ3n) is 7.50. The van der Waals surface area contributed by atoms with E-state index in [0.29, 0.717) is 11.6 Å². The second kappa shape index (κ2) is 11.2. The Kier molecular flexibility index (Phi) is 6.77. The van der Waals surface area contributed by atoms with Crippen LogP contribution in [-0.2, 0) is 0 Å². The van der Waals surface area contributed by atoms with Gasteiger partial charge in [-0.15, -0.1) is 0 Å². The lowest BCUT2D eigenvalue weighted by Crippen LogP contribution is -2.28. The summed E-state index contributed by atoms with van der Waals surface area (Å²) in [6.07, 6.45) is 0. The average Bonchev–Trinajstić information content (AvgIpc) is 3.70. The summed E-state index contributed by atoms with van der Waals surface area (Å²) in [5.41, 5.74) is 7.35. The zero-order chi connectivity index (χ0) is 29.2. The molecule has 0 radical (unpaired) electrons. The van der Waals surface area contributed by atoms with E-state index in [9.17, 15) is 9.90 Å². The highest BCUT2D eigenvalue weighted by atomic mass is 16.4. The van der Waals surface area contributed by atoms with Crippen molar-refractivity contribution in [1.82, 2.24) is 0 Å². The summed E-state index contributed by atoms with van der Waals surface area (Å²) >= 11 is 0. The number of carbonyl (C=O) groups is 1. The van der Waals surface area contributed by atoms with E-state index in [-0.39, 0.29) is 11.6 Å². The molecule has 0 aliphatic carbocycles. The molecule has 2 aliphatic rings. The molecule has 6 heteroatoms. The lowest BCUT2D eigenvalue weighted by molar-refractivity contribution is 0.0697. The number of benzene rings is 5. The fourth-order valence-electron chi connectivity index (χ4n) is 5.48. The second-order valence-electron chi connectivity index (χ2n) is 10.2. The van der Waals surface area contributed by atoms with Gasteiger partial charge in [0.2, 0.25) is 0 Å². The molecular weight excluding hydrogens is 532 g/mol. The van der Waals surface area contributed by atoms with Gasteiger partial charge in [0.1, 0.15) is 6.04 Å². The van der Waals surface area contributed by atoms with Crippen molar-refractivity contribution in [3.8, 4) is 0 Å². The van der Waals surface area contributed by atoms with Gasteiger partial charge in [-0.05, 0) is 35.4 Å². The van der Waals surface area contributed by atoms with Crippen LogP contribution in [0.4, 0.5) is 5.69 Å². The summed E-state index contributed by atoms with van der Waals surface area (Å²) in [6, 6.07) is 47.0. The normalized spacial score (nSPS) is 16.1. The van der Waals surface area contributed by atoms with E-state index in [4.69, 9.17) is 15.0 Å². The van der Waals surface area contributed by atoms with E-state index in [1.807, 2.05) is 109 Å². The minimum atomic E-state index is -0.975. The Hall–Kier alpha value is -5.88. The van der Waals surface area contributed by atoms with Gasteiger partial charge in [-0.25, -0.2) is 19.8 Å². The van der Waals surface area contributed by atoms with E-state index in [2.05, 4.69) is 29.2 Å². The van der Waals surface area contributed by atoms with Crippen LogP contribution in [0.1, 0.15) is 38.7 Å². The van der Waals surface area contributed by atoms with Crippen LogP contribution in [0, 0.1) is 0 Å². The van der Waals surface area contributed by atoms with Gasteiger partial charge in [-0.3, -0.25) is 0 Å². The lowest BCUT2D eigenvalue weighted by atomic mass is 9.96. The van der Waals surface area contributed by atoms with Crippen LogP contribution in [0.15, 0.2) is 172 Å². The molecule has 206 valence electrons. The van der Waals surface area contributed by atoms with Crippen LogP contribution in [0.5, 0.6) is 0 Å². The monoisotopic (exact) mass is 558 g/mol. The molecule has 0 saturated heterocycles. The number of anilines is 1. The van der Waals surface area contributed by atoms with Crippen LogP contribution in [0.25, 0.3) is 0 Å². The van der Waals surface area contributed by atoms with Crippen molar-refractivity contribution in [3.63, 3.8) is 0 Å². The quantitative estimate of drug-likeness (QED) is 0.234. The Morgan fingerprint density at radius 3 is 1.51 bits per heavy atom. The number of carboxylic acid groups (broad SMARTS) is 1. The van der Waals surface area contributed by atoms with Gasteiger partial charge in [0.25, 0.3) is 0 Å². The summed E-state index contributed by atoms with van der Waals surface area (Å²) in [7, 11) is 0. The standard InChI is InChI=1S/C37H26N4O2/c42-37(43)29-21-23-30(24-22-29)41-34(28-19-11-4-12-20-28)33(27-17-9-3-10-18-27)40-36(41)35-38-31(25-13-5-1-6-14-25)32(39-35)26-15-7-2-8-16-26/h1-24,34H,(H,42,43). The Bertz CT molecular complexity index is 1860. The zero-order valence-electron chi connectivity index (χ0n) is 23.1. The van der Waals surface area contributed by atoms with Gasteiger partial charge < -0.3 is 10.0 Å². The fourth-order valence-corrected chi connectivity index (χ4v) is 5.48. The highest BCUT2D eigenvalue weighted by Crippen LogP contribution is 2.42. The molecule has 0 saturated carbocycles. The number of nitrogens with zero attached hydrogens (tertiary/aromatic N) is 4. The predicted molar refractivity (Wildman–Crippen MR) is 171 cm³/mol. The first-order chi connectivity index (χ1) is 21.2. The summed E-state index contributed by atoms with van der Waals surface area (Å²) in [4.78, 5) is 29.3. The highest BCUT2D eigenvalue weighted by Gasteiger charge is 2.38. The Balaban J connectivity index is 1.49. The molecule has 1 atom stereocenters. The van der Waals surface area contributed by atoms with Gasteiger partial charge in [-0.2, -0.15) is 0 Å². The minimum absolute atomic E-state index is 0.215. The smallest absolute Gasteiger partial charge is 0.335 e. The highest BCUT2D eigenvalue weighted by molar-refractivity contribution is 6.55. The van der Waals surface area contributed by atoms with E-state index < -0.39 is 5.97 Å². The Morgan fingerprint density at radius 1 is 0.558 bits per heavy atom. The topological polar surface area (TPSA) is 77.6 Å². The van der Waals surface area contributed by atoms with Gasteiger partial charge in [0, 0.05) is 16.8 Å². The second-order valence-corrected chi connectivity index (χ2v) is 10.2. The number of hydrogen-bond donors (Lipinski definition) is 1. The maximum atomic E-state index is 11.7. The molecule has 6 nitrogen and oxygen atoms in total. The van der Waals surface area contributed by atoms with E-state index in [0.717, 1.165) is 45.1 Å². The van der Waals surface area contributed by atoms with Gasteiger partial charge >= 0.3 is 5.97 Å². The molecule has 1 N–H and O–H groups in total. The van der Waals surface area contributed by atoms with Crippen LogP contribution in [0.2, 0.25) is 0 Å². The molecule has 0 bridgehead atoms. The summed E-state index contributed by atoms with van der Waals surface area (Å²) in [6.45, 7) is 0. The van der Waals surface area contributed by atoms with E-state index in [1.165, 1.54) is 0 Å². The Morgan fingerprint density at radius 2 is 1.02 bits per heavy atom. The molecule has 0 fully saturated rings. The maximum Gasteiger partial charge on any atom is 0.335 e. The molecule has 0 aromatic heterocycles. The molecule has 0 spiro atoms. The summed E-state index contributed by atoms with van der Waals surface area (Å²) in [5, 5.41) is 9.58. The van der Waals surface area contributed by atoms with Crippen LogP contribution >= 0.6 is 0 Å². The van der Waals surface area contributed by atoms with Gasteiger partial charge in [0.05, 0.1) is 22.7 Å². The molecule has 0 amide bonds. The number of aromatic carboxylic acids is 1. The lowest BCUT2D eigenvalue weighted by Gasteiger charge is -2.29. The van der Waals surface area contributed by atoms with E-state index >= 15 is 0 Å². The number of aliphatic imine (C=N–C) groups is 3. The predicted octanol–water partition coefficient (Wildman–Crippen LogP) is 7.55. The van der Waals surface area contributed by atoms with Crippen molar-refractivity contribution in [1.29, 1.82) is 0 Å². The molecule has 2 aliphatic heterocycles. The first-order valence-corrected chi connectivity index (χ1v) is 14.0. The maximum absolute atomic E-state index is 11.7. The third kappa shape index (κ3) is 4.96. The van der Waals surface area contributed by atoms with Crippen LogP contribution in [0.3, 0.4) is 0 Å². The van der Waals surface area contributed by atoms with Gasteiger partial charge in [0.15, 0.2) is 11.6 Å². The van der Waals surface area contributed by atoms with Crippen molar-refractivity contribution < 1.29 is 9.90 Å². The molecule has 2 heterocycles. The molecule has 43 heavy (non-hydrogen) atoms. The van der Waals surface area contributed by atoms with Crippen molar-refractivity contribution in [2.24, 2.45) is 15.0 Å². The first kappa shape index (κ1) is 26.0. The summed E-state index contributed by atoms with van der Waals surface area (Å²) < 4.78 is 0. The molecule has 7 rings (SSSR count). The van der Waals surface area contributed by atoms with Crippen molar-refractivity contribution >= 4 is 28.8 Å². The molecule has 5 aromatic carbocycles. The SMILES string of the molecule is O=C(O)c1ccc(N2C(=C3N=C(c4ccccc4)C(c4ccccc4)=N3)N=C(c3ccccc3)C2c2ccccc2)cc1. The molecule has 5 aromatic rings. The Labute approximate surface area is 249 Å². The minimum Gasteiger partial charge on any atom is -0.478 e.